The van der Waals surface area contributed by atoms with Gasteiger partial charge in [-0.05, 0) is 5.92 Å². The van der Waals surface area contributed by atoms with E-state index < -0.39 is 12.0 Å². The molecule has 0 saturated heterocycles. The molecule has 1 atom stereocenters. The minimum absolute atomic E-state index is 0.0325. The monoisotopic (exact) mass is 201 g/mol. The quantitative estimate of drug-likeness (QED) is 0.689. The predicted molar refractivity (Wildman–Crippen MR) is 53.6 cm³/mol. The SMILES string of the molecule is COC(=O)C(NC(=O)C(C)C)C(C)C. The number of methoxy groups -OCH3 is 1. The highest BCUT2D eigenvalue weighted by atomic mass is 16.5. The van der Waals surface area contributed by atoms with Crippen molar-refractivity contribution in [3.05, 3.63) is 0 Å². The second-order valence-electron chi connectivity index (χ2n) is 3.91. The van der Waals surface area contributed by atoms with E-state index in [1.807, 2.05) is 13.8 Å². The van der Waals surface area contributed by atoms with Gasteiger partial charge in [0.2, 0.25) is 5.91 Å². The molecule has 0 fully saturated rings. The van der Waals surface area contributed by atoms with Crippen LogP contribution >= 0.6 is 0 Å². The van der Waals surface area contributed by atoms with Gasteiger partial charge in [-0.3, -0.25) is 4.79 Å². The first-order chi connectivity index (χ1) is 6.40. The number of amides is 1. The Bertz CT molecular complexity index is 211. The first-order valence-corrected chi connectivity index (χ1v) is 4.78. The molecule has 1 unspecified atom stereocenters. The van der Waals surface area contributed by atoms with Crippen LogP contribution in [0.1, 0.15) is 27.7 Å². The summed E-state index contributed by atoms with van der Waals surface area (Å²) in [6.45, 7) is 7.29. The molecule has 0 saturated carbocycles. The van der Waals surface area contributed by atoms with E-state index in [9.17, 15) is 9.59 Å². The summed E-state index contributed by atoms with van der Waals surface area (Å²) in [6, 6.07) is -0.546. The van der Waals surface area contributed by atoms with Gasteiger partial charge >= 0.3 is 5.97 Å². The van der Waals surface area contributed by atoms with E-state index in [4.69, 9.17) is 0 Å². The van der Waals surface area contributed by atoms with Crippen molar-refractivity contribution in [3.63, 3.8) is 0 Å². The zero-order valence-corrected chi connectivity index (χ0v) is 9.46. The number of esters is 1. The summed E-state index contributed by atoms with van der Waals surface area (Å²) >= 11 is 0. The lowest BCUT2D eigenvalue weighted by Crippen LogP contribution is -2.46. The molecule has 0 radical (unpaired) electrons. The fraction of sp³-hybridized carbons (Fsp3) is 0.800. The van der Waals surface area contributed by atoms with Gasteiger partial charge in [-0.25, -0.2) is 4.79 Å². The second-order valence-corrected chi connectivity index (χ2v) is 3.91. The number of carbonyl (C=O) groups excluding carboxylic acids is 2. The predicted octanol–water partition coefficient (Wildman–Crippen LogP) is 0.956. The molecular formula is C10H19NO3. The average Bonchev–Trinajstić information content (AvgIpc) is 2.11. The summed E-state index contributed by atoms with van der Waals surface area (Å²) in [6.07, 6.45) is 0. The molecular weight excluding hydrogens is 182 g/mol. The van der Waals surface area contributed by atoms with Gasteiger partial charge in [-0.1, -0.05) is 27.7 Å². The Hall–Kier alpha value is -1.06. The van der Waals surface area contributed by atoms with Crippen LogP contribution in [-0.4, -0.2) is 25.0 Å². The van der Waals surface area contributed by atoms with E-state index in [0.29, 0.717) is 0 Å². The van der Waals surface area contributed by atoms with Crippen molar-refractivity contribution >= 4 is 11.9 Å². The maximum absolute atomic E-state index is 11.4. The zero-order chi connectivity index (χ0) is 11.3. The Morgan fingerprint density at radius 2 is 1.64 bits per heavy atom. The molecule has 0 heterocycles. The van der Waals surface area contributed by atoms with Crippen LogP contribution in [0.3, 0.4) is 0 Å². The number of hydrogen-bond acceptors (Lipinski definition) is 3. The third-order valence-corrected chi connectivity index (χ3v) is 1.94. The van der Waals surface area contributed by atoms with Crippen molar-refractivity contribution in [2.24, 2.45) is 11.8 Å². The van der Waals surface area contributed by atoms with Crippen LogP contribution in [0.4, 0.5) is 0 Å². The average molecular weight is 201 g/mol. The number of carbonyl (C=O) groups is 2. The number of nitrogens with one attached hydrogen (secondary N) is 1. The first kappa shape index (κ1) is 12.9. The maximum Gasteiger partial charge on any atom is 0.328 e. The summed E-state index contributed by atoms with van der Waals surface area (Å²) in [4.78, 5) is 22.6. The van der Waals surface area contributed by atoms with Crippen LogP contribution in [0.2, 0.25) is 0 Å². The standard InChI is InChI=1S/C10H19NO3/c1-6(2)8(10(13)14-5)11-9(12)7(3)4/h6-8H,1-5H3,(H,11,12). The molecule has 0 rings (SSSR count). The van der Waals surface area contributed by atoms with Gasteiger partial charge in [0.25, 0.3) is 0 Å². The molecule has 0 spiro atoms. The van der Waals surface area contributed by atoms with Crippen LogP contribution in [0.15, 0.2) is 0 Å². The summed E-state index contributed by atoms with van der Waals surface area (Å²) in [5, 5.41) is 2.65. The molecule has 0 aromatic heterocycles. The van der Waals surface area contributed by atoms with Crippen molar-refractivity contribution in [1.82, 2.24) is 5.32 Å². The minimum Gasteiger partial charge on any atom is -0.467 e. The van der Waals surface area contributed by atoms with Crippen molar-refractivity contribution in [1.29, 1.82) is 0 Å². The minimum atomic E-state index is -0.546. The van der Waals surface area contributed by atoms with Crippen LogP contribution in [0.5, 0.6) is 0 Å². The Morgan fingerprint density at radius 1 is 1.14 bits per heavy atom. The molecule has 14 heavy (non-hydrogen) atoms. The summed E-state index contributed by atoms with van der Waals surface area (Å²) in [7, 11) is 1.32. The molecule has 1 amide bonds. The normalized spacial score (nSPS) is 12.8. The molecule has 0 aliphatic heterocycles. The summed E-state index contributed by atoms with van der Waals surface area (Å²) in [5.74, 6) is -0.617. The highest BCUT2D eigenvalue weighted by molar-refractivity contribution is 5.85. The fourth-order valence-electron chi connectivity index (χ4n) is 0.945. The smallest absolute Gasteiger partial charge is 0.328 e. The molecule has 0 aromatic carbocycles. The topological polar surface area (TPSA) is 55.4 Å². The Labute approximate surface area is 85.0 Å². The number of hydrogen-bond donors (Lipinski definition) is 1. The summed E-state index contributed by atoms with van der Waals surface area (Å²) in [5.41, 5.74) is 0. The summed E-state index contributed by atoms with van der Waals surface area (Å²) < 4.78 is 4.60. The van der Waals surface area contributed by atoms with Gasteiger partial charge in [0.15, 0.2) is 0 Å². The van der Waals surface area contributed by atoms with E-state index in [0.717, 1.165) is 0 Å². The van der Waals surface area contributed by atoms with E-state index >= 15 is 0 Å². The van der Waals surface area contributed by atoms with Gasteiger partial charge in [-0.2, -0.15) is 0 Å². The van der Waals surface area contributed by atoms with Crippen LogP contribution in [0, 0.1) is 11.8 Å². The Balaban J connectivity index is 4.38. The number of ether oxygens (including phenoxy) is 1. The molecule has 82 valence electrons. The van der Waals surface area contributed by atoms with Crippen molar-refractivity contribution in [2.45, 2.75) is 33.7 Å². The van der Waals surface area contributed by atoms with E-state index in [1.165, 1.54) is 7.11 Å². The molecule has 0 aliphatic rings. The first-order valence-electron chi connectivity index (χ1n) is 4.78. The lowest BCUT2D eigenvalue weighted by molar-refractivity contribution is -0.146. The Kier molecular flexibility index (Phi) is 5.20. The van der Waals surface area contributed by atoms with Gasteiger partial charge in [0.1, 0.15) is 6.04 Å². The van der Waals surface area contributed by atoms with Gasteiger partial charge in [0.05, 0.1) is 7.11 Å². The lowest BCUT2D eigenvalue weighted by Gasteiger charge is -2.20. The van der Waals surface area contributed by atoms with Gasteiger partial charge in [0, 0.05) is 5.92 Å². The molecule has 4 heteroatoms. The van der Waals surface area contributed by atoms with Crippen molar-refractivity contribution < 1.29 is 14.3 Å². The maximum atomic E-state index is 11.4. The number of rotatable bonds is 4. The van der Waals surface area contributed by atoms with Crippen molar-refractivity contribution in [3.8, 4) is 0 Å². The van der Waals surface area contributed by atoms with Crippen molar-refractivity contribution in [2.75, 3.05) is 7.11 Å². The van der Waals surface area contributed by atoms with Crippen LogP contribution in [0.25, 0.3) is 0 Å². The van der Waals surface area contributed by atoms with Gasteiger partial charge in [-0.15, -0.1) is 0 Å². The molecule has 0 aliphatic carbocycles. The fourth-order valence-corrected chi connectivity index (χ4v) is 0.945. The molecule has 0 aromatic rings. The lowest BCUT2D eigenvalue weighted by atomic mass is 10.0. The Morgan fingerprint density at radius 3 is 1.93 bits per heavy atom. The third-order valence-electron chi connectivity index (χ3n) is 1.94. The molecule has 1 N–H and O–H groups in total. The zero-order valence-electron chi connectivity index (χ0n) is 9.46. The van der Waals surface area contributed by atoms with E-state index in [-0.39, 0.29) is 17.7 Å². The molecule has 4 nitrogen and oxygen atoms in total. The highest BCUT2D eigenvalue weighted by Crippen LogP contribution is 2.05. The van der Waals surface area contributed by atoms with Gasteiger partial charge < -0.3 is 10.1 Å². The van der Waals surface area contributed by atoms with E-state index in [1.54, 1.807) is 13.8 Å². The van der Waals surface area contributed by atoms with Crippen LogP contribution < -0.4 is 5.32 Å². The molecule has 0 bridgehead atoms. The largest absolute Gasteiger partial charge is 0.467 e. The highest BCUT2D eigenvalue weighted by Gasteiger charge is 2.25. The van der Waals surface area contributed by atoms with Crippen LogP contribution in [-0.2, 0) is 14.3 Å². The third kappa shape index (κ3) is 3.77. The van der Waals surface area contributed by atoms with E-state index in [2.05, 4.69) is 10.1 Å². The second kappa shape index (κ2) is 5.62.